The quantitative estimate of drug-likeness (QED) is 0.505. The second-order valence-corrected chi connectivity index (χ2v) is 4.79. The fourth-order valence-corrected chi connectivity index (χ4v) is 1.82. The number of hydrogen-bond donors (Lipinski definition) is 1. The largest absolute Gasteiger partial charge is 0.381 e. The van der Waals surface area contributed by atoms with Crippen LogP contribution in [0.15, 0.2) is 41.7 Å². The van der Waals surface area contributed by atoms with E-state index in [4.69, 9.17) is 4.55 Å². The molecule has 0 atom stereocenters. The van der Waals surface area contributed by atoms with Crippen molar-refractivity contribution in [2.24, 2.45) is 0 Å². The molecule has 1 aromatic carbocycles. The minimum Gasteiger partial charge on any atom is -0.358 e. The molecule has 94 valence electrons. The number of nitro groups is 1. The standard InChI is InChI=1S/C9H7N3O5S/c13-12(14)9-5-11(6-10-9)7-1-3-8(4-2-7)18(15,16)17/h1-6H,(H,15,16,17). The maximum Gasteiger partial charge on any atom is 0.381 e. The summed E-state index contributed by atoms with van der Waals surface area (Å²) in [4.78, 5) is 13.1. The van der Waals surface area contributed by atoms with Crippen molar-refractivity contribution in [1.82, 2.24) is 9.55 Å². The Balaban J connectivity index is 2.37. The van der Waals surface area contributed by atoms with E-state index < -0.39 is 15.0 Å². The first-order valence-corrected chi connectivity index (χ1v) is 6.08. The summed E-state index contributed by atoms with van der Waals surface area (Å²) in [6.07, 6.45) is 2.43. The van der Waals surface area contributed by atoms with Crippen LogP contribution in [-0.4, -0.2) is 27.4 Å². The van der Waals surface area contributed by atoms with Crippen LogP contribution in [0, 0.1) is 10.1 Å². The summed E-state index contributed by atoms with van der Waals surface area (Å²) >= 11 is 0. The third-order valence-electron chi connectivity index (χ3n) is 2.19. The molecule has 1 aromatic heterocycles. The molecule has 1 heterocycles. The lowest BCUT2D eigenvalue weighted by Crippen LogP contribution is -1.98. The lowest BCUT2D eigenvalue weighted by atomic mass is 10.3. The number of hydrogen-bond acceptors (Lipinski definition) is 5. The lowest BCUT2D eigenvalue weighted by Gasteiger charge is -2.01. The molecule has 0 aliphatic rings. The number of benzene rings is 1. The van der Waals surface area contributed by atoms with Crippen LogP contribution in [0.3, 0.4) is 0 Å². The van der Waals surface area contributed by atoms with Gasteiger partial charge in [-0.25, -0.2) is 0 Å². The van der Waals surface area contributed by atoms with Gasteiger partial charge in [0, 0.05) is 5.69 Å². The van der Waals surface area contributed by atoms with E-state index in [1.165, 1.54) is 41.4 Å². The van der Waals surface area contributed by atoms with E-state index in [2.05, 4.69) is 4.98 Å². The van der Waals surface area contributed by atoms with Gasteiger partial charge in [0.2, 0.25) is 6.33 Å². The highest BCUT2D eigenvalue weighted by Crippen LogP contribution is 2.15. The third-order valence-corrected chi connectivity index (χ3v) is 3.06. The van der Waals surface area contributed by atoms with E-state index in [9.17, 15) is 18.5 Å². The Morgan fingerprint density at radius 2 is 1.89 bits per heavy atom. The highest BCUT2D eigenvalue weighted by Gasteiger charge is 2.12. The van der Waals surface area contributed by atoms with E-state index in [1.54, 1.807) is 0 Å². The average molecular weight is 269 g/mol. The highest BCUT2D eigenvalue weighted by atomic mass is 32.2. The Morgan fingerprint density at radius 1 is 1.28 bits per heavy atom. The van der Waals surface area contributed by atoms with Gasteiger partial charge in [-0.05, 0) is 34.2 Å². The molecule has 0 fully saturated rings. The van der Waals surface area contributed by atoms with Crippen LogP contribution < -0.4 is 0 Å². The molecule has 0 bridgehead atoms. The molecule has 0 radical (unpaired) electrons. The number of imidazole rings is 1. The molecule has 0 saturated heterocycles. The summed E-state index contributed by atoms with van der Waals surface area (Å²) in [6, 6.07) is 5.18. The fraction of sp³-hybridized carbons (Fsp3) is 0. The summed E-state index contributed by atoms with van der Waals surface area (Å²) in [7, 11) is -4.24. The molecule has 1 N–H and O–H groups in total. The topological polar surface area (TPSA) is 115 Å². The Bertz CT molecular complexity index is 689. The summed E-state index contributed by atoms with van der Waals surface area (Å²) in [5, 5.41) is 10.4. The zero-order valence-electron chi connectivity index (χ0n) is 8.79. The Morgan fingerprint density at radius 3 is 2.33 bits per heavy atom. The van der Waals surface area contributed by atoms with Crippen molar-refractivity contribution >= 4 is 15.9 Å². The molecule has 0 amide bonds. The van der Waals surface area contributed by atoms with E-state index in [-0.39, 0.29) is 10.7 Å². The zero-order chi connectivity index (χ0) is 13.3. The Kier molecular flexibility index (Phi) is 2.85. The molecule has 2 aromatic rings. The van der Waals surface area contributed by atoms with Crippen molar-refractivity contribution in [2.75, 3.05) is 0 Å². The summed E-state index contributed by atoms with van der Waals surface area (Å²) in [5.41, 5.74) is 0.489. The molecule has 8 nitrogen and oxygen atoms in total. The molecule has 0 unspecified atom stereocenters. The molecule has 2 rings (SSSR count). The Hall–Kier alpha value is -2.26. The molecule has 0 saturated carbocycles. The zero-order valence-corrected chi connectivity index (χ0v) is 9.61. The van der Waals surface area contributed by atoms with E-state index >= 15 is 0 Å². The molecule has 0 spiro atoms. The van der Waals surface area contributed by atoms with E-state index in [0.717, 1.165) is 0 Å². The summed E-state index contributed by atoms with van der Waals surface area (Å²) < 4.78 is 31.8. The maximum atomic E-state index is 10.8. The normalized spacial score (nSPS) is 11.4. The first-order chi connectivity index (χ1) is 8.38. The van der Waals surface area contributed by atoms with E-state index in [0.29, 0.717) is 5.69 Å². The lowest BCUT2D eigenvalue weighted by molar-refractivity contribution is -0.389. The van der Waals surface area contributed by atoms with Crippen LogP contribution in [0.2, 0.25) is 0 Å². The number of nitrogens with zero attached hydrogens (tertiary/aromatic N) is 3. The van der Waals surface area contributed by atoms with Crippen molar-refractivity contribution in [3.63, 3.8) is 0 Å². The van der Waals surface area contributed by atoms with Crippen molar-refractivity contribution in [1.29, 1.82) is 0 Å². The fourth-order valence-electron chi connectivity index (χ4n) is 1.34. The molecule has 18 heavy (non-hydrogen) atoms. The van der Waals surface area contributed by atoms with Crippen LogP contribution in [0.25, 0.3) is 5.69 Å². The van der Waals surface area contributed by atoms with Crippen molar-refractivity contribution in [2.45, 2.75) is 4.90 Å². The smallest absolute Gasteiger partial charge is 0.358 e. The number of aromatic nitrogens is 2. The second kappa shape index (κ2) is 4.20. The van der Waals surface area contributed by atoms with Crippen LogP contribution in [-0.2, 0) is 10.1 Å². The van der Waals surface area contributed by atoms with Crippen LogP contribution in [0.4, 0.5) is 5.82 Å². The summed E-state index contributed by atoms with van der Waals surface area (Å²) in [5.74, 6) is -0.311. The first-order valence-electron chi connectivity index (χ1n) is 4.64. The average Bonchev–Trinajstić information content (AvgIpc) is 2.77. The van der Waals surface area contributed by atoms with Gasteiger partial charge in [-0.1, -0.05) is 0 Å². The van der Waals surface area contributed by atoms with Crippen molar-refractivity contribution < 1.29 is 17.9 Å². The van der Waals surface area contributed by atoms with Gasteiger partial charge in [-0.2, -0.15) is 8.42 Å². The molecule has 0 aliphatic heterocycles. The van der Waals surface area contributed by atoms with Gasteiger partial charge in [-0.3, -0.25) is 9.12 Å². The van der Waals surface area contributed by atoms with Crippen molar-refractivity contribution in [3.8, 4) is 5.69 Å². The van der Waals surface area contributed by atoms with Gasteiger partial charge < -0.3 is 10.1 Å². The SMILES string of the molecule is O=[N+]([O-])c1cn(-c2ccc(S(=O)(=O)O)cc2)cn1. The molecular weight excluding hydrogens is 262 g/mol. The minimum atomic E-state index is -4.24. The molecule has 0 aliphatic carbocycles. The monoisotopic (exact) mass is 269 g/mol. The van der Waals surface area contributed by atoms with Gasteiger partial charge in [0.15, 0.2) is 0 Å². The second-order valence-electron chi connectivity index (χ2n) is 3.37. The third kappa shape index (κ3) is 2.36. The molecule has 9 heteroatoms. The predicted octanol–water partition coefficient (Wildman–Crippen LogP) is 1.03. The highest BCUT2D eigenvalue weighted by molar-refractivity contribution is 7.85. The van der Waals surface area contributed by atoms with Gasteiger partial charge in [0.25, 0.3) is 10.1 Å². The van der Waals surface area contributed by atoms with Crippen LogP contribution in [0.1, 0.15) is 0 Å². The van der Waals surface area contributed by atoms with Gasteiger partial charge in [0.05, 0.1) is 4.90 Å². The van der Waals surface area contributed by atoms with Gasteiger partial charge >= 0.3 is 5.82 Å². The number of rotatable bonds is 3. The van der Waals surface area contributed by atoms with Crippen molar-refractivity contribution in [3.05, 3.63) is 46.9 Å². The van der Waals surface area contributed by atoms with Crippen LogP contribution >= 0.6 is 0 Å². The first kappa shape index (κ1) is 12.2. The molecular formula is C9H7N3O5S. The van der Waals surface area contributed by atoms with E-state index in [1.807, 2.05) is 0 Å². The van der Waals surface area contributed by atoms with Gasteiger partial charge in [0.1, 0.15) is 6.20 Å². The maximum absolute atomic E-state index is 10.8. The predicted molar refractivity (Wildman–Crippen MR) is 60.0 cm³/mol. The Labute approximate surface area is 101 Å². The van der Waals surface area contributed by atoms with Crippen LogP contribution in [0.5, 0.6) is 0 Å². The summed E-state index contributed by atoms with van der Waals surface area (Å²) in [6.45, 7) is 0. The minimum absolute atomic E-state index is 0.249. The van der Waals surface area contributed by atoms with Gasteiger partial charge in [-0.15, -0.1) is 0 Å².